The van der Waals surface area contributed by atoms with E-state index in [-0.39, 0.29) is 22.9 Å². The second-order valence-corrected chi connectivity index (χ2v) is 4.50. The van der Waals surface area contributed by atoms with Crippen LogP contribution >= 0.6 is 11.6 Å². The van der Waals surface area contributed by atoms with Crippen LogP contribution in [0.1, 0.15) is 16.1 Å². The topological polar surface area (TPSA) is 107 Å². The maximum Gasteiger partial charge on any atom is 0.339 e. The van der Waals surface area contributed by atoms with Gasteiger partial charge in [-0.3, -0.25) is 14.8 Å². The number of halogens is 1. The third kappa shape index (κ3) is 3.11. The number of hydrogen-bond donors (Lipinski definition) is 1. The van der Waals surface area contributed by atoms with Crippen LogP contribution in [0, 0.1) is 10.1 Å². The second-order valence-electron chi connectivity index (χ2n) is 4.09. The molecule has 0 aliphatic heterocycles. The number of rotatable bonds is 5. The molecule has 21 heavy (non-hydrogen) atoms. The molecule has 0 fully saturated rings. The summed E-state index contributed by atoms with van der Waals surface area (Å²) in [5.41, 5.74) is 0.179. The standard InChI is InChI=1S/C12H10ClN3O5/c1-15-11(8(5-14-15)12(17)18)6-21-7-2-3-10(16(19)20)9(13)4-7/h2-5H,6H2,1H3,(H,17,18). The molecule has 0 spiro atoms. The fourth-order valence-electron chi connectivity index (χ4n) is 1.69. The summed E-state index contributed by atoms with van der Waals surface area (Å²) in [5, 5.41) is 23.4. The first-order valence-electron chi connectivity index (χ1n) is 5.71. The van der Waals surface area contributed by atoms with Crippen molar-refractivity contribution in [2.24, 2.45) is 7.05 Å². The van der Waals surface area contributed by atoms with Gasteiger partial charge in [-0.05, 0) is 6.07 Å². The highest BCUT2D eigenvalue weighted by atomic mass is 35.5. The summed E-state index contributed by atoms with van der Waals surface area (Å²) in [6, 6.07) is 3.91. The lowest BCUT2D eigenvalue weighted by Crippen LogP contribution is -2.08. The van der Waals surface area contributed by atoms with Gasteiger partial charge >= 0.3 is 5.97 Å². The average Bonchev–Trinajstić information content (AvgIpc) is 2.77. The van der Waals surface area contributed by atoms with E-state index in [1.54, 1.807) is 7.05 Å². The molecule has 1 heterocycles. The molecular formula is C12H10ClN3O5. The zero-order chi connectivity index (χ0) is 15.6. The number of hydrogen-bond acceptors (Lipinski definition) is 5. The normalized spacial score (nSPS) is 10.4. The highest BCUT2D eigenvalue weighted by Gasteiger charge is 2.17. The summed E-state index contributed by atoms with van der Waals surface area (Å²) in [6.07, 6.45) is 1.23. The van der Waals surface area contributed by atoms with Crippen LogP contribution in [0.25, 0.3) is 0 Å². The van der Waals surface area contributed by atoms with Gasteiger partial charge in [0.25, 0.3) is 5.69 Å². The molecule has 0 radical (unpaired) electrons. The van der Waals surface area contributed by atoms with Crippen molar-refractivity contribution in [3.8, 4) is 5.75 Å². The smallest absolute Gasteiger partial charge is 0.339 e. The Balaban J connectivity index is 2.17. The number of benzene rings is 1. The van der Waals surface area contributed by atoms with E-state index in [9.17, 15) is 14.9 Å². The van der Waals surface area contributed by atoms with Crippen LogP contribution in [0.15, 0.2) is 24.4 Å². The van der Waals surface area contributed by atoms with Crippen LogP contribution in [0.5, 0.6) is 5.75 Å². The van der Waals surface area contributed by atoms with Gasteiger partial charge in [0.15, 0.2) is 0 Å². The Morgan fingerprint density at radius 1 is 1.57 bits per heavy atom. The minimum atomic E-state index is -1.11. The number of nitrogens with zero attached hydrogens (tertiary/aromatic N) is 3. The predicted molar refractivity (Wildman–Crippen MR) is 72.6 cm³/mol. The van der Waals surface area contributed by atoms with E-state index in [4.69, 9.17) is 21.4 Å². The molecule has 0 saturated carbocycles. The molecule has 0 bridgehead atoms. The Labute approximate surface area is 123 Å². The van der Waals surface area contributed by atoms with Crippen LogP contribution < -0.4 is 4.74 Å². The number of ether oxygens (including phenoxy) is 1. The highest BCUT2D eigenvalue weighted by molar-refractivity contribution is 6.32. The minimum absolute atomic E-state index is 0.0329. The third-order valence-electron chi connectivity index (χ3n) is 2.78. The molecule has 1 aromatic carbocycles. The third-order valence-corrected chi connectivity index (χ3v) is 3.09. The van der Waals surface area contributed by atoms with Crippen molar-refractivity contribution in [3.05, 3.63) is 50.8 Å². The first kappa shape index (κ1) is 14.8. The Morgan fingerprint density at radius 3 is 2.86 bits per heavy atom. The molecule has 2 rings (SSSR count). The lowest BCUT2D eigenvalue weighted by Gasteiger charge is -2.08. The minimum Gasteiger partial charge on any atom is -0.487 e. The van der Waals surface area contributed by atoms with E-state index in [2.05, 4.69) is 5.10 Å². The van der Waals surface area contributed by atoms with E-state index in [0.717, 1.165) is 0 Å². The second kappa shape index (κ2) is 5.80. The number of aryl methyl sites for hydroxylation is 1. The fourth-order valence-corrected chi connectivity index (χ4v) is 1.93. The number of carbonyl (C=O) groups is 1. The molecule has 0 unspecified atom stereocenters. The van der Waals surface area contributed by atoms with Gasteiger partial charge in [-0.15, -0.1) is 0 Å². The number of carboxylic acids is 1. The number of nitro benzene ring substituents is 1. The Hall–Kier alpha value is -2.61. The number of aromatic carboxylic acids is 1. The Bertz CT molecular complexity index is 713. The van der Waals surface area contributed by atoms with Crippen LogP contribution in [-0.4, -0.2) is 25.8 Å². The van der Waals surface area contributed by atoms with Crippen molar-refractivity contribution >= 4 is 23.3 Å². The average molecular weight is 312 g/mol. The molecule has 1 aromatic heterocycles. The van der Waals surface area contributed by atoms with Crippen molar-refractivity contribution in [2.45, 2.75) is 6.61 Å². The van der Waals surface area contributed by atoms with Crippen molar-refractivity contribution < 1.29 is 19.6 Å². The summed E-state index contributed by atoms with van der Waals surface area (Å²) in [5.74, 6) is -0.813. The van der Waals surface area contributed by atoms with Crippen molar-refractivity contribution in [3.63, 3.8) is 0 Å². The maximum atomic E-state index is 11.0. The first-order valence-corrected chi connectivity index (χ1v) is 6.09. The quantitative estimate of drug-likeness (QED) is 0.670. The van der Waals surface area contributed by atoms with Crippen molar-refractivity contribution in [1.29, 1.82) is 0 Å². The van der Waals surface area contributed by atoms with Gasteiger partial charge in [-0.2, -0.15) is 5.10 Å². The van der Waals surface area contributed by atoms with Crippen LogP contribution in [0.4, 0.5) is 5.69 Å². The highest BCUT2D eigenvalue weighted by Crippen LogP contribution is 2.28. The monoisotopic (exact) mass is 311 g/mol. The molecule has 2 aromatic rings. The summed E-state index contributed by atoms with van der Waals surface area (Å²) < 4.78 is 6.79. The number of nitro groups is 1. The van der Waals surface area contributed by atoms with Crippen LogP contribution in [-0.2, 0) is 13.7 Å². The van der Waals surface area contributed by atoms with Crippen molar-refractivity contribution in [1.82, 2.24) is 9.78 Å². The van der Waals surface area contributed by atoms with Gasteiger partial charge in [0.1, 0.15) is 22.9 Å². The lowest BCUT2D eigenvalue weighted by atomic mass is 10.2. The molecule has 0 aliphatic carbocycles. The molecule has 9 heteroatoms. The maximum absolute atomic E-state index is 11.0. The molecule has 1 N–H and O–H groups in total. The van der Waals surface area contributed by atoms with Gasteiger partial charge in [-0.1, -0.05) is 11.6 Å². The Kier molecular flexibility index (Phi) is 4.08. The van der Waals surface area contributed by atoms with E-state index < -0.39 is 10.9 Å². The zero-order valence-electron chi connectivity index (χ0n) is 10.8. The predicted octanol–water partition coefficient (Wildman–Crippen LogP) is 2.26. The SMILES string of the molecule is Cn1ncc(C(=O)O)c1COc1ccc([N+](=O)[O-])c(Cl)c1. The molecule has 0 amide bonds. The van der Waals surface area contributed by atoms with Crippen LogP contribution in [0.3, 0.4) is 0 Å². The zero-order valence-corrected chi connectivity index (χ0v) is 11.6. The summed E-state index contributed by atoms with van der Waals surface area (Å²) in [6.45, 7) is -0.0493. The van der Waals surface area contributed by atoms with E-state index in [1.807, 2.05) is 0 Å². The number of carboxylic acid groups (broad SMARTS) is 1. The number of aromatic nitrogens is 2. The van der Waals surface area contributed by atoms with Crippen LogP contribution in [0.2, 0.25) is 5.02 Å². The van der Waals surface area contributed by atoms with Crippen molar-refractivity contribution in [2.75, 3.05) is 0 Å². The molecule has 110 valence electrons. The molecule has 0 atom stereocenters. The van der Waals surface area contributed by atoms with Gasteiger partial charge in [0.05, 0.1) is 16.8 Å². The van der Waals surface area contributed by atoms with Gasteiger partial charge in [-0.25, -0.2) is 4.79 Å². The van der Waals surface area contributed by atoms with E-state index >= 15 is 0 Å². The lowest BCUT2D eigenvalue weighted by molar-refractivity contribution is -0.384. The van der Waals surface area contributed by atoms with Gasteiger partial charge in [0, 0.05) is 19.2 Å². The largest absolute Gasteiger partial charge is 0.487 e. The molecule has 0 saturated heterocycles. The van der Waals surface area contributed by atoms with Gasteiger partial charge < -0.3 is 9.84 Å². The van der Waals surface area contributed by atoms with E-state index in [1.165, 1.54) is 29.1 Å². The molecule has 8 nitrogen and oxygen atoms in total. The first-order chi connectivity index (χ1) is 9.90. The summed E-state index contributed by atoms with van der Waals surface area (Å²) in [7, 11) is 1.59. The van der Waals surface area contributed by atoms with E-state index in [0.29, 0.717) is 11.4 Å². The summed E-state index contributed by atoms with van der Waals surface area (Å²) in [4.78, 5) is 21.1. The Morgan fingerprint density at radius 2 is 2.29 bits per heavy atom. The fraction of sp³-hybridized carbons (Fsp3) is 0.167. The van der Waals surface area contributed by atoms with Gasteiger partial charge in [0.2, 0.25) is 0 Å². The molecule has 0 aliphatic rings. The summed E-state index contributed by atoms with van der Waals surface area (Å²) >= 11 is 5.76. The molecular weight excluding hydrogens is 302 g/mol.